The van der Waals surface area contributed by atoms with E-state index in [2.05, 4.69) is 10.1 Å². The van der Waals surface area contributed by atoms with Gasteiger partial charge in [-0.05, 0) is 23.1 Å². The van der Waals surface area contributed by atoms with E-state index in [0.717, 1.165) is 10.4 Å². The van der Waals surface area contributed by atoms with Crippen LogP contribution in [0.4, 0.5) is 0 Å². The molecule has 0 aliphatic rings. The predicted octanol–water partition coefficient (Wildman–Crippen LogP) is 2.43. The SMILES string of the molecule is O=c1c(=Cc2ccccc2)sc2nc(-c3cccs3)nn12. The van der Waals surface area contributed by atoms with E-state index < -0.39 is 0 Å². The van der Waals surface area contributed by atoms with Gasteiger partial charge in [-0.25, -0.2) is 0 Å². The van der Waals surface area contributed by atoms with Crippen molar-refractivity contribution < 1.29 is 0 Å². The third-order valence-electron chi connectivity index (χ3n) is 3.02. The summed E-state index contributed by atoms with van der Waals surface area (Å²) in [6, 6.07) is 13.7. The van der Waals surface area contributed by atoms with Gasteiger partial charge >= 0.3 is 0 Å². The molecule has 4 aromatic rings. The van der Waals surface area contributed by atoms with Gasteiger partial charge in [-0.1, -0.05) is 47.7 Å². The van der Waals surface area contributed by atoms with Gasteiger partial charge < -0.3 is 0 Å². The van der Waals surface area contributed by atoms with E-state index >= 15 is 0 Å². The molecule has 1 aromatic carbocycles. The highest BCUT2D eigenvalue weighted by Gasteiger charge is 2.12. The number of thiophene rings is 1. The second kappa shape index (κ2) is 4.91. The maximum absolute atomic E-state index is 12.4. The molecule has 0 aliphatic carbocycles. The second-order valence-electron chi connectivity index (χ2n) is 4.43. The van der Waals surface area contributed by atoms with Crippen molar-refractivity contribution in [2.75, 3.05) is 0 Å². The highest BCUT2D eigenvalue weighted by atomic mass is 32.1. The average molecular weight is 311 g/mol. The van der Waals surface area contributed by atoms with Crippen LogP contribution < -0.4 is 10.1 Å². The monoisotopic (exact) mass is 311 g/mol. The molecule has 0 amide bonds. The standard InChI is InChI=1S/C15H9N3OS2/c19-14-12(9-10-5-2-1-3-6-10)21-15-16-13(17-18(14)15)11-7-4-8-20-11/h1-9H. The van der Waals surface area contributed by atoms with Crippen molar-refractivity contribution in [3.8, 4) is 10.7 Å². The van der Waals surface area contributed by atoms with Crippen LogP contribution in [0.15, 0.2) is 52.6 Å². The van der Waals surface area contributed by atoms with Crippen molar-refractivity contribution in [1.82, 2.24) is 14.6 Å². The highest BCUT2D eigenvalue weighted by Crippen LogP contribution is 2.21. The fourth-order valence-electron chi connectivity index (χ4n) is 2.04. The lowest BCUT2D eigenvalue weighted by molar-refractivity contribution is 0.938. The van der Waals surface area contributed by atoms with Crippen LogP contribution in [-0.4, -0.2) is 14.6 Å². The van der Waals surface area contributed by atoms with E-state index in [1.807, 2.05) is 53.9 Å². The Morgan fingerprint density at radius 1 is 1.10 bits per heavy atom. The molecule has 6 heteroatoms. The van der Waals surface area contributed by atoms with E-state index in [-0.39, 0.29) is 5.56 Å². The Labute approximate surface area is 127 Å². The first-order chi connectivity index (χ1) is 10.3. The predicted molar refractivity (Wildman–Crippen MR) is 85.7 cm³/mol. The first-order valence-electron chi connectivity index (χ1n) is 6.31. The summed E-state index contributed by atoms with van der Waals surface area (Å²) in [5.41, 5.74) is 0.881. The number of hydrogen-bond donors (Lipinski definition) is 0. The molecule has 0 saturated heterocycles. The average Bonchev–Trinajstić information content (AvgIpc) is 3.20. The van der Waals surface area contributed by atoms with Crippen LogP contribution in [0.25, 0.3) is 21.7 Å². The number of hydrogen-bond acceptors (Lipinski definition) is 5. The van der Waals surface area contributed by atoms with Gasteiger partial charge in [0.05, 0.1) is 9.41 Å². The maximum atomic E-state index is 12.4. The summed E-state index contributed by atoms with van der Waals surface area (Å²) in [6.45, 7) is 0. The lowest BCUT2D eigenvalue weighted by Crippen LogP contribution is -2.23. The fraction of sp³-hybridized carbons (Fsp3) is 0. The maximum Gasteiger partial charge on any atom is 0.291 e. The third-order valence-corrected chi connectivity index (χ3v) is 4.85. The van der Waals surface area contributed by atoms with Crippen LogP contribution in [0, 0.1) is 0 Å². The fourth-order valence-corrected chi connectivity index (χ4v) is 3.61. The van der Waals surface area contributed by atoms with Gasteiger partial charge in [-0.15, -0.1) is 16.4 Å². The Hall–Kier alpha value is -2.31. The summed E-state index contributed by atoms with van der Waals surface area (Å²) < 4.78 is 2.03. The molecule has 4 nitrogen and oxygen atoms in total. The minimum absolute atomic E-state index is 0.117. The topological polar surface area (TPSA) is 47.3 Å². The largest absolute Gasteiger partial charge is 0.291 e. The van der Waals surface area contributed by atoms with Gasteiger partial charge in [0.25, 0.3) is 5.56 Å². The van der Waals surface area contributed by atoms with Crippen LogP contribution in [0.1, 0.15) is 5.56 Å². The molecule has 3 heterocycles. The van der Waals surface area contributed by atoms with Gasteiger partial charge in [0.15, 0.2) is 5.82 Å². The van der Waals surface area contributed by atoms with E-state index in [9.17, 15) is 4.79 Å². The smallest absolute Gasteiger partial charge is 0.266 e. The summed E-state index contributed by atoms with van der Waals surface area (Å²) in [5.74, 6) is 0.611. The van der Waals surface area contributed by atoms with E-state index in [1.165, 1.54) is 15.9 Å². The van der Waals surface area contributed by atoms with E-state index in [0.29, 0.717) is 15.3 Å². The van der Waals surface area contributed by atoms with E-state index in [4.69, 9.17) is 0 Å². The summed E-state index contributed by atoms with van der Waals surface area (Å²) in [6.07, 6.45) is 1.87. The van der Waals surface area contributed by atoms with Gasteiger partial charge in [-0.2, -0.15) is 9.50 Å². The van der Waals surface area contributed by atoms with Crippen LogP contribution in [0.5, 0.6) is 0 Å². The lowest BCUT2D eigenvalue weighted by Gasteiger charge is -1.88. The quantitative estimate of drug-likeness (QED) is 0.571. The van der Waals surface area contributed by atoms with Gasteiger partial charge in [-0.3, -0.25) is 4.79 Å². The lowest BCUT2D eigenvalue weighted by atomic mass is 10.2. The Balaban J connectivity index is 1.87. The number of aromatic nitrogens is 3. The van der Waals surface area contributed by atoms with Gasteiger partial charge in [0.1, 0.15) is 0 Å². The zero-order valence-electron chi connectivity index (χ0n) is 10.8. The van der Waals surface area contributed by atoms with Crippen LogP contribution >= 0.6 is 22.7 Å². The van der Waals surface area contributed by atoms with Gasteiger partial charge in [0.2, 0.25) is 4.96 Å². The number of nitrogens with zero attached hydrogens (tertiary/aromatic N) is 3. The summed E-state index contributed by atoms with van der Waals surface area (Å²) in [4.78, 5) is 18.4. The Kier molecular flexibility index (Phi) is 2.90. The molecule has 0 aliphatic heterocycles. The first-order valence-corrected chi connectivity index (χ1v) is 8.01. The summed E-state index contributed by atoms with van der Waals surface area (Å²) in [5, 5.41) is 6.28. The van der Waals surface area contributed by atoms with Crippen molar-refractivity contribution in [2.45, 2.75) is 0 Å². The molecule has 102 valence electrons. The number of benzene rings is 1. The van der Waals surface area contributed by atoms with Crippen molar-refractivity contribution in [3.63, 3.8) is 0 Å². The van der Waals surface area contributed by atoms with Gasteiger partial charge in [0, 0.05) is 0 Å². The number of fused-ring (bicyclic) bond motifs is 1. The molecule has 21 heavy (non-hydrogen) atoms. The van der Waals surface area contributed by atoms with Crippen molar-refractivity contribution in [1.29, 1.82) is 0 Å². The molecule has 0 bridgehead atoms. The summed E-state index contributed by atoms with van der Waals surface area (Å²) in [7, 11) is 0. The number of thiazole rings is 1. The molecule has 0 fully saturated rings. The highest BCUT2D eigenvalue weighted by molar-refractivity contribution is 7.15. The molecule has 0 N–H and O–H groups in total. The molecule has 0 unspecified atom stereocenters. The Morgan fingerprint density at radius 2 is 1.95 bits per heavy atom. The van der Waals surface area contributed by atoms with Crippen molar-refractivity contribution >= 4 is 33.7 Å². The second-order valence-corrected chi connectivity index (χ2v) is 6.39. The van der Waals surface area contributed by atoms with Crippen LogP contribution in [0.3, 0.4) is 0 Å². The van der Waals surface area contributed by atoms with Crippen LogP contribution in [-0.2, 0) is 0 Å². The first kappa shape index (κ1) is 12.4. The molecular formula is C15H9N3OS2. The minimum Gasteiger partial charge on any atom is -0.266 e. The van der Waals surface area contributed by atoms with Crippen molar-refractivity contribution in [3.05, 3.63) is 68.3 Å². The zero-order valence-corrected chi connectivity index (χ0v) is 12.4. The molecular weight excluding hydrogens is 302 g/mol. The Morgan fingerprint density at radius 3 is 2.67 bits per heavy atom. The zero-order chi connectivity index (χ0) is 14.2. The molecule has 3 aromatic heterocycles. The summed E-state index contributed by atoms with van der Waals surface area (Å²) >= 11 is 2.93. The molecule has 0 radical (unpaired) electrons. The Bertz CT molecular complexity index is 1000. The molecule has 0 saturated carbocycles. The van der Waals surface area contributed by atoms with Crippen molar-refractivity contribution in [2.24, 2.45) is 0 Å². The third kappa shape index (κ3) is 2.18. The normalized spacial score (nSPS) is 12.3. The molecule has 0 atom stereocenters. The minimum atomic E-state index is -0.117. The van der Waals surface area contributed by atoms with Crippen LogP contribution in [0.2, 0.25) is 0 Å². The number of rotatable bonds is 2. The molecule has 4 rings (SSSR count). The molecule has 0 spiro atoms. The van der Waals surface area contributed by atoms with E-state index in [1.54, 1.807) is 11.3 Å².